The third kappa shape index (κ3) is 7.24. The zero-order valence-corrected chi connectivity index (χ0v) is 23.8. The number of rotatable bonds is 11. The lowest BCUT2D eigenvalue weighted by atomic mass is 10.1. The highest BCUT2D eigenvalue weighted by molar-refractivity contribution is 8.18. The van der Waals surface area contributed by atoms with E-state index in [0.29, 0.717) is 41.3 Å². The Hall–Kier alpha value is -4.89. The Morgan fingerprint density at radius 1 is 0.857 bits per heavy atom. The molecular weight excluding hydrogens is 550 g/mol. The third-order valence-electron chi connectivity index (χ3n) is 6.42. The van der Waals surface area contributed by atoms with Gasteiger partial charge in [0, 0.05) is 12.1 Å². The molecule has 0 unspecified atom stereocenters. The molecule has 0 aliphatic carbocycles. The molecule has 0 radical (unpaired) electrons. The molecule has 0 N–H and O–H groups in total. The lowest BCUT2D eigenvalue weighted by Crippen LogP contribution is -2.28. The van der Waals surface area contributed by atoms with Crippen molar-refractivity contribution in [2.45, 2.75) is 26.6 Å². The number of carbonyl (C=O) groups excluding carboxylic acids is 1. The number of non-ortho nitro benzene ring substituents is 1. The van der Waals surface area contributed by atoms with Gasteiger partial charge in [-0.1, -0.05) is 66.7 Å². The number of benzene rings is 4. The first-order valence-electron chi connectivity index (χ1n) is 13.5. The number of nitro benzene ring substituents is 1. The molecule has 9 heteroatoms. The first-order valence-corrected chi connectivity index (χ1v) is 14.3. The van der Waals surface area contributed by atoms with Crippen molar-refractivity contribution >= 4 is 34.6 Å². The summed E-state index contributed by atoms with van der Waals surface area (Å²) in [5.74, 6) is 0.981. The van der Waals surface area contributed by atoms with Crippen LogP contribution in [0.5, 0.6) is 11.5 Å². The van der Waals surface area contributed by atoms with Gasteiger partial charge in [-0.15, -0.1) is 0 Å². The van der Waals surface area contributed by atoms with Crippen molar-refractivity contribution in [1.82, 2.24) is 4.90 Å². The smallest absolute Gasteiger partial charge is 0.269 e. The van der Waals surface area contributed by atoms with Gasteiger partial charge in [0.05, 0.1) is 29.5 Å². The normalized spacial score (nSPS) is 14.9. The van der Waals surface area contributed by atoms with Gasteiger partial charge in [-0.2, -0.15) is 0 Å². The second-order valence-electron chi connectivity index (χ2n) is 9.42. The molecule has 1 amide bonds. The summed E-state index contributed by atoms with van der Waals surface area (Å²) < 4.78 is 11.8. The Morgan fingerprint density at radius 3 is 2.21 bits per heavy atom. The van der Waals surface area contributed by atoms with E-state index in [9.17, 15) is 14.9 Å². The Balaban J connectivity index is 1.36. The molecule has 0 atom stereocenters. The average molecular weight is 580 g/mol. The molecule has 0 spiro atoms. The second kappa shape index (κ2) is 13.6. The standard InChI is InChI=1S/C33H29N3O5S/c1-2-40-30-19-27(15-18-29(30)41-23-26-13-16-28(17-14-26)36(38)39)20-31-32(37)35(22-25-11-7-4-8-12-25)33(42-31)34-21-24-9-5-3-6-10-24/h3-20H,2,21-23H2,1H3/b31-20-,34-33?. The maximum atomic E-state index is 13.6. The highest BCUT2D eigenvalue weighted by Crippen LogP contribution is 2.36. The fourth-order valence-corrected chi connectivity index (χ4v) is 5.28. The molecule has 1 aliphatic heterocycles. The lowest BCUT2D eigenvalue weighted by molar-refractivity contribution is -0.384. The first-order chi connectivity index (χ1) is 20.5. The van der Waals surface area contributed by atoms with Crippen molar-refractivity contribution in [3.63, 3.8) is 0 Å². The summed E-state index contributed by atoms with van der Waals surface area (Å²) in [7, 11) is 0. The van der Waals surface area contributed by atoms with Gasteiger partial charge in [-0.25, -0.2) is 0 Å². The van der Waals surface area contributed by atoms with Gasteiger partial charge >= 0.3 is 0 Å². The first kappa shape index (κ1) is 28.6. The third-order valence-corrected chi connectivity index (χ3v) is 7.46. The van der Waals surface area contributed by atoms with Crippen LogP contribution in [-0.4, -0.2) is 27.5 Å². The number of thioether (sulfide) groups is 1. The van der Waals surface area contributed by atoms with Crippen molar-refractivity contribution < 1.29 is 19.2 Å². The molecule has 1 aliphatic rings. The molecule has 8 nitrogen and oxygen atoms in total. The van der Waals surface area contributed by atoms with E-state index >= 15 is 0 Å². The number of nitro groups is 1. The number of ether oxygens (including phenoxy) is 2. The van der Waals surface area contributed by atoms with Gasteiger partial charge in [0.1, 0.15) is 6.61 Å². The zero-order chi connectivity index (χ0) is 29.3. The maximum Gasteiger partial charge on any atom is 0.269 e. The van der Waals surface area contributed by atoms with E-state index in [1.165, 1.54) is 23.9 Å². The van der Waals surface area contributed by atoms with E-state index in [4.69, 9.17) is 14.5 Å². The van der Waals surface area contributed by atoms with Crippen LogP contribution in [0.4, 0.5) is 5.69 Å². The Bertz CT molecular complexity index is 1610. The molecule has 0 bridgehead atoms. The molecule has 1 fully saturated rings. The van der Waals surface area contributed by atoms with Crippen LogP contribution in [0.1, 0.15) is 29.2 Å². The summed E-state index contributed by atoms with van der Waals surface area (Å²) in [5, 5.41) is 11.6. The highest BCUT2D eigenvalue weighted by atomic mass is 32.2. The molecular formula is C33H29N3O5S. The number of carbonyl (C=O) groups is 1. The maximum absolute atomic E-state index is 13.6. The summed E-state index contributed by atoms with van der Waals surface area (Å²) in [4.78, 5) is 31.2. The monoisotopic (exact) mass is 579 g/mol. The predicted octanol–water partition coefficient (Wildman–Crippen LogP) is 7.25. The molecule has 42 heavy (non-hydrogen) atoms. The van der Waals surface area contributed by atoms with Crippen molar-refractivity contribution in [2.75, 3.05) is 6.61 Å². The molecule has 1 saturated heterocycles. The van der Waals surface area contributed by atoms with Crippen LogP contribution in [0.15, 0.2) is 113 Å². The van der Waals surface area contributed by atoms with Gasteiger partial charge in [0.25, 0.3) is 11.6 Å². The minimum Gasteiger partial charge on any atom is -0.490 e. The van der Waals surface area contributed by atoms with E-state index in [1.54, 1.807) is 23.1 Å². The lowest BCUT2D eigenvalue weighted by Gasteiger charge is -2.15. The van der Waals surface area contributed by atoms with Gasteiger partial charge in [0.15, 0.2) is 16.7 Å². The fourth-order valence-electron chi connectivity index (χ4n) is 4.30. The van der Waals surface area contributed by atoms with Crippen molar-refractivity contribution in [1.29, 1.82) is 0 Å². The van der Waals surface area contributed by atoms with Gasteiger partial charge < -0.3 is 9.47 Å². The van der Waals surface area contributed by atoms with E-state index < -0.39 is 4.92 Å². The number of nitrogens with zero attached hydrogens (tertiary/aromatic N) is 3. The van der Waals surface area contributed by atoms with Gasteiger partial charge in [-0.05, 0) is 71.3 Å². The Morgan fingerprint density at radius 2 is 1.55 bits per heavy atom. The van der Waals surface area contributed by atoms with Gasteiger partial charge in [0.2, 0.25) is 0 Å². The average Bonchev–Trinajstić information content (AvgIpc) is 3.30. The van der Waals surface area contributed by atoms with Crippen LogP contribution < -0.4 is 9.47 Å². The number of amidine groups is 1. The fraction of sp³-hybridized carbons (Fsp3) is 0.152. The molecule has 0 saturated carbocycles. The largest absolute Gasteiger partial charge is 0.490 e. The van der Waals surface area contributed by atoms with E-state index in [-0.39, 0.29) is 18.2 Å². The van der Waals surface area contributed by atoms with Crippen LogP contribution in [0.25, 0.3) is 6.08 Å². The molecule has 5 rings (SSSR count). The number of hydrogen-bond donors (Lipinski definition) is 0. The van der Waals surface area contributed by atoms with Crippen molar-refractivity contribution in [3.05, 3.63) is 140 Å². The molecule has 4 aromatic carbocycles. The van der Waals surface area contributed by atoms with Crippen LogP contribution in [0.2, 0.25) is 0 Å². The second-order valence-corrected chi connectivity index (χ2v) is 10.4. The quantitative estimate of drug-likeness (QED) is 0.106. The predicted molar refractivity (Wildman–Crippen MR) is 165 cm³/mol. The summed E-state index contributed by atoms with van der Waals surface area (Å²) in [5.41, 5.74) is 3.71. The van der Waals surface area contributed by atoms with Crippen LogP contribution >= 0.6 is 11.8 Å². The molecule has 4 aromatic rings. The molecule has 212 valence electrons. The SMILES string of the molecule is CCOc1cc(/C=C2\SC(=NCc3ccccc3)N(Cc3ccccc3)C2=O)ccc1OCc1ccc([N+](=O)[O-])cc1. The topological polar surface area (TPSA) is 94.3 Å². The minimum atomic E-state index is -0.433. The van der Waals surface area contributed by atoms with Crippen LogP contribution in [-0.2, 0) is 24.5 Å². The number of aliphatic imine (C=N–C) groups is 1. The van der Waals surface area contributed by atoms with Crippen LogP contribution in [0.3, 0.4) is 0 Å². The Labute approximate surface area is 248 Å². The Kier molecular flexibility index (Phi) is 9.30. The molecule has 0 aromatic heterocycles. The number of hydrogen-bond acceptors (Lipinski definition) is 7. The van der Waals surface area contributed by atoms with Crippen LogP contribution in [0, 0.1) is 10.1 Å². The summed E-state index contributed by atoms with van der Waals surface area (Å²) >= 11 is 1.36. The summed E-state index contributed by atoms with van der Waals surface area (Å²) in [6, 6.07) is 31.6. The van der Waals surface area contributed by atoms with E-state index in [0.717, 1.165) is 22.3 Å². The van der Waals surface area contributed by atoms with Crippen molar-refractivity contribution in [3.8, 4) is 11.5 Å². The van der Waals surface area contributed by atoms with Gasteiger partial charge in [-0.3, -0.25) is 24.8 Å². The van der Waals surface area contributed by atoms with E-state index in [1.807, 2.05) is 85.8 Å². The zero-order valence-electron chi connectivity index (χ0n) is 23.0. The molecule has 1 heterocycles. The highest BCUT2D eigenvalue weighted by Gasteiger charge is 2.33. The van der Waals surface area contributed by atoms with Crippen molar-refractivity contribution in [2.24, 2.45) is 4.99 Å². The minimum absolute atomic E-state index is 0.0288. The van der Waals surface area contributed by atoms with E-state index in [2.05, 4.69) is 0 Å². The summed E-state index contributed by atoms with van der Waals surface area (Å²) in [6.07, 6.45) is 1.85. The number of amides is 1. The summed E-state index contributed by atoms with van der Waals surface area (Å²) in [6.45, 7) is 3.45.